The molecule has 8 heteroatoms. The highest BCUT2D eigenvalue weighted by atomic mass is 32.2. The van der Waals surface area contributed by atoms with Gasteiger partial charge >= 0.3 is 5.97 Å². The summed E-state index contributed by atoms with van der Waals surface area (Å²) in [6, 6.07) is 0. The number of hydrogen-bond acceptors (Lipinski definition) is 7. The summed E-state index contributed by atoms with van der Waals surface area (Å²) in [6.07, 6.45) is 1.69. The lowest BCUT2D eigenvalue weighted by molar-refractivity contribution is -0.142. The van der Waals surface area contributed by atoms with Gasteiger partial charge in [-0.15, -0.1) is 10.2 Å². The molecule has 1 fully saturated rings. The largest absolute Gasteiger partial charge is 0.465 e. The SMILES string of the molecule is CCCC(Sc1nnc(N2CCOCC2)n1C)C(=O)OCC. The summed E-state index contributed by atoms with van der Waals surface area (Å²) >= 11 is 1.43. The van der Waals surface area contributed by atoms with Gasteiger partial charge in [-0.25, -0.2) is 0 Å². The van der Waals surface area contributed by atoms with E-state index in [9.17, 15) is 4.79 Å². The van der Waals surface area contributed by atoms with E-state index in [2.05, 4.69) is 22.0 Å². The van der Waals surface area contributed by atoms with Crippen LogP contribution in [0.1, 0.15) is 26.7 Å². The highest BCUT2D eigenvalue weighted by Crippen LogP contribution is 2.28. The number of carbonyl (C=O) groups excluding carboxylic acids is 1. The van der Waals surface area contributed by atoms with Gasteiger partial charge in [-0.3, -0.25) is 9.36 Å². The van der Waals surface area contributed by atoms with Crippen molar-refractivity contribution in [2.24, 2.45) is 7.05 Å². The van der Waals surface area contributed by atoms with Crippen molar-refractivity contribution in [3.8, 4) is 0 Å². The Labute approximate surface area is 135 Å². The van der Waals surface area contributed by atoms with Gasteiger partial charge in [0.05, 0.1) is 19.8 Å². The molecule has 1 atom stereocenters. The Hall–Kier alpha value is -1.28. The number of nitrogens with zero attached hydrogens (tertiary/aromatic N) is 4. The Morgan fingerprint density at radius 3 is 2.73 bits per heavy atom. The third-order valence-corrected chi connectivity index (χ3v) is 4.73. The monoisotopic (exact) mass is 328 g/mol. The van der Waals surface area contributed by atoms with Gasteiger partial charge in [0.2, 0.25) is 5.95 Å². The highest BCUT2D eigenvalue weighted by molar-refractivity contribution is 8.00. The maximum atomic E-state index is 12.0. The van der Waals surface area contributed by atoms with Crippen molar-refractivity contribution >= 4 is 23.7 Å². The number of esters is 1. The fourth-order valence-corrected chi connectivity index (χ4v) is 3.40. The molecule has 1 saturated heterocycles. The van der Waals surface area contributed by atoms with Crippen molar-refractivity contribution in [1.82, 2.24) is 14.8 Å². The minimum absolute atomic E-state index is 0.176. The van der Waals surface area contributed by atoms with E-state index in [1.807, 2.05) is 18.5 Å². The predicted molar refractivity (Wildman–Crippen MR) is 85.2 cm³/mol. The lowest BCUT2D eigenvalue weighted by atomic mass is 10.2. The maximum Gasteiger partial charge on any atom is 0.319 e. The number of carbonyl (C=O) groups is 1. The van der Waals surface area contributed by atoms with Crippen molar-refractivity contribution < 1.29 is 14.3 Å². The Morgan fingerprint density at radius 2 is 2.09 bits per heavy atom. The van der Waals surface area contributed by atoms with Crippen molar-refractivity contribution in [3.05, 3.63) is 0 Å². The van der Waals surface area contributed by atoms with Crippen LogP contribution in [0.4, 0.5) is 5.95 Å². The molecule has 124 valence electrons. The van der Waals surface area contributed by atoms with Crippen molar-refractivity contribution in [2.45, 2.75) is 37.1 Å². The van der Waals surface area contributed by atoms with Gasteiger partial charge < -0.3 is 14.4 Å². The van der Waals surface area contributed by atoms with Crippen LogP contribution in [0.25, 0.3) is 0 Å². The smallest absolute Gasteiger partial charge is 0.319 e. The first-order valence-corrected chi connectivity index (χ1v) is 8.60. The molecule has 0 spiro atoms. The van der Waals surface area contributed by atoms with Gasteiger partial charge in [-0.05, 0) is 13.3 Å². The average Bonchev–Trinajstić information content (AvgIpc) is 2.89. The molecule has 1 aliphatic rings. The molecule has 1 aromatic rings. The Kier molecular flexibility index (Phi) is 6.50. The van der Waals surface area contributed by atoms with E-state index in [1.54, 1.807) is 0 Å². The van der Waals surface area contributed by atoms with E-state index in [0.717, 1.165) is 37.0 Å². The lowest BCUT2D eigenvalue weighted by Crippen LogP contribution is -2.37. The van der Waals surface area contributed by atoms with Crippen molar-refractivity contribution in [1.29, 1.82) is 0 Å². The minimum Gasteiger partial charge on any atom is -0.465 e. The topological polar surface area (TPSA) is 69.5 Å². The second-order valence-electron chi connectivity index (χ2n) is 5.09. The van der Waals surface area contributed by atoms with Gasteiger partial charge in [0.1, 0.15) is 5.25 Å². The van der Waals surface area contributed by atoms with Gasteiger partial charge in [0, 0.05) is 20.1 Å². The van der Waals surface area contributed by atoms with Crippen LogP contribution in [0, 0.1) is 0 Å². The Bertz CT molecular complexity index is 488. The zero-order valence-electron chi connectivity index (χ0n) is 13.4. The van der Waals surface area contributed by atoms with E-state index < -0.39 is 0 Å². The average molecular weight is 328 g/mol. The predicted octanol–water partition coefficient (Wildman–Crippen LogP) is 1.48. The zero-order chi connectivity index (χ0) is 15.9. The summed E-state index contributed by atoms with van der Waals surface area (Å²) in [4.78, 5) is 14.2. The van der Waals surface area contributed by atoms with E-state index >= 15 is 0 Å². The molecule has 2 heterocycles. The molecule has 0 saturated carbocycles. The first kappa shape index (κ1) is 17.1. The summed E-state index contributed by atoms with van der Waals surface area (Å²) in [5, 5.41) is 9.02. The Morgan fingerprint density at radius 1 is 1.36 bits per heavy atom. The molecular formula is C14H24N4O3S. The number of morpholine rings is 1. The van der Waals surface area contributed by atoms with Crippen LogP contribution < -0.4 is 4.90 Å². The molecular weight excluding hydrogens is 304 g/mol. The third kappa shape index (κ3) is 4.13. The number of ether oxygens (including phenoxy) is 2. The van der Waals surface area contributed by atoms with Gasteiger partial charge in [-0.2, -0.15) is 0 Å². The van der Waals surface area contributed by atoms with Crippen LogP contribution in [-0.4, -0.2) is 58.9 Å². The lowest BCUT2D eigenvalue weighted by Gasteiger charge is -2.27. The van der Waals surface area contributed by atoms with Crippen molar-refractivity contribution in [3.63, 3.8) is 0 Å². The minimum atomic E-state index is -0.231. The molecule has 1 unspecified atom stereocenters. The maximum absolute atomic E-state index is 12.0. The van der Waals surface area contributed by atoms with Gasteiger partial charge in [0.25, 0.3) is 0 Å². The van der Waals surface area contributed by atoms with E-state index in [-0.39, 0.29) is 11.2 Å². The zero-order valence-corrected chi connectivity index (χ0v) is 14.3. The summed E-state index contributed by atoms with van der Waals surface area (Å²) < 4.78 is 12.4. The number of aromatic nitrogens is 3. The normalized spacial score (nSPS) is 16.6. The number of rotatable bonds is 7. The summed E-state index contributed by atoms with van der Waals surface area (Å²) in [6.45, 7) is 7.32. The van der Waals surface area contributed by atoms with E-state index in [4.69, 9.17) is 9.47 Å². The molecule has 2 rings (SSSR count). The quantitative estimate of drug-likeness (QED) is 0.554. The number of anilines is 1. The molecule has 7 nitrogen and oxygen atoms in total. The highest BCUT2D eigenvalue weighted by Gasteiger charge is 2.25. The number of hydrogen-bond donors (Lipinski definition) is 0. The van der Waals surface area contributed by atoms with E-state index in [1.165, 1.54) is 11.8 Å². The molecule has 0 amide bonds. The van der Waals surface area contributed by atoms with Crippen LogP contribution in [0.15, 0.2) is 5.16 Å². The van der Waals surface area contributed by atoms with Crippen LogP contribution in [-0.2, 0) is 21.3 Å². The van der Waals surface area contributed by atoms with Crippen LogP contribution in [0.2, 0.25) is 0 Å². The fourth-order valence-electron chi connectivity index (χ4n) is 2.30. The van der Waals surface area contributed by atoms with E-state index in [0.29, 0.717) is 19.8 Å². The molecule has 1 aliphatic heterocycles. The first-order chi connectivity index (χ1) is 10.7. The third-order valence-electron chi connectivity index (χ3n) is 3.45. The fraction of sp³-hybridized carbons (Fsp3) is 0.786. The van der Waals surface area contributed by atoms with Gasteiger partial charge in [0.15, 0.2) is 5.16 Å². The summed E-state index contributed by atoms with van der Waals surface area (Å²) in [7, 11) is 1.93. The molecule has 1 aromatic heterocycles. The van der Waals surface area contributed by atoms with Crippen LogP contribution in [0.3, 0.4) is 0 Å². The second-order valence-corrected chi connectivity index (χ2v) is 6.26. The molecule has 0 N–H and O–H groups in total. The second kappa shape index (κ2) is 8.38. The molecule has 22 heavy (non-hydrogen) atoms. The molecule has 0 aliphatic carbocycles. The molecule has 0 aromatic carbocycles. The van der Waals surface area contributed by atoms with Crippen LogP contribution >= 0.6 is 11.8 Å². The van der Waals surface area contributed by atoms with Gasteiger partial charge in [-0.1, -0.05) is 25.1 Å². The summed E-state index contributed by atoms with van der Waals surface area (Å²) in [5.41, 5.74) is 0. The molecule has 0 radical (unpaired) electrons. The molecule has 0 bridgehead atoms. The Balaban J connectivity index is 2.07. The van der Waals surface area contributed by atoms with Crippen LogP contribution in [0.5, 0.6) is 0 Å². The van der Waals surface area contributed by atoms with Crippen molar-refractivity contribution in [2.75, 3.05) is 37.8 Å². The standard InChI is InChI=1S/C14H24N4O3S/c1-4-6-11(12(19)21-5-2)22-14-16-15-13(17(14)3)18-7-9-20-10-8-18/h11H,4-10H2,1-3H3. The number of thioether (sulfide) groups is 1. The summed E-state index contributed by atoms with van der Waals surface area (Å²) in [5.74, 6) is 0.648. The first-order valence-electron chi connectivity index (χ1n) is 7.72.